The third-order valence-corrected chi connectivity index (χ3v) is 4.53. The summed E-state index contributed by atoms with van der Waals surface area (Å²) in [5.41, 5.74) is 0.886. The summed E-state index contributed by atoms with van der Waals surface area (Å²) >= 11 is 0. The van der Waals surface area contributed by atoms with Gasteiger partial charge in [0.15, 0.2) is 0 Å². The van der Waals surface area contributed by atoms with E-state index in [-0.39, 0.29) is 25.5 Å². The van der Waals surface area contributed by atoms with Crippen molar-refractivity contribution in [2.45, 2.75) is 45.7 Å². The van der Waals surface area contributed by atoms with E-state index in [0.717, 1.165) is 12.0 Å². The zero-order valence-corrected chi connectivity index (χ0v) is 17.8. The second kappa shape index (κ2) is 12.8. The van der Waals surface area contributed by atoms with Crippen molar-refractivity contribution in [3.8, 4) is 0 Å². The molecule has 4 amide bonds. The van der Waals surface area contributed by atoms with Crippen LogP contribution in [0, 0.1) is 5.92 Å². The molecule has 0 saturated carbocycles. The molecule has 4 N–H and O–H groups in total. The minimum Gasteiger partial charge on any atom is -0.395 e. The highest BCUT2D eigenvalue weighted by Crippen LogP contribution is 2.07. The molecular formula is C21H34N4O4. The largest absolute Gasteiger partial charge is 0.395 e. The summed E-state index contributed by atoms with van der Waals surface area (Å²) in [5, 5.41) is 17.2. The molecule has 0 unspecified atom stereocenters. The molecule has 162 valence electrons. The minimum atomic E-state index is -0.850. The Labute approximate surface area is 173 Å². The Balaban J connectivity index is 2.92. The highest BCUT2D eigenvalue weighted by Gasteiger charge is 2.26. The summed E-state index contributed by atoms with van der Waals surface area (Å²) in [7, 11) is 1.50. The number of aliphatic hydroxyl groups excluding tert-OH is 1. The van der Waals surface area contributed by atoms with Crippen molar-refractivity contribution < 1.29 is 19.5 Å². The molecule has 1 aromatic carbocycles. The Morgan fingerprint density at radius 2 is 1.66 bits per heavy atom. The number of aliphatic hydroxyl groups is 1. The maximum absolute atomic E-state index is 12.8. The van der Waals surface area contributed by atoms with Crippen LogP contribution < -0.4 is 16.0 Å². The lowest BCUT2D eigenvalue weighted by atomic mass is 10.0. The van der Waals surface area contributed by atoms with Crippen LogP contribution in [0.5, 0.6) is 0 Å². The van der Waals surface area contributed by atoms with Crippen LogP contribution in [0.3, 0.4) is 0 Å². The average Bonchev–Trinajstić information content (AvgIpc) is 2.70. The van der Waals surface area contributed by atoms with Gasteiger partial charge in [-0.1, -0.05) is 44.2 Å². The summed E-state index contributed by atoms with van der Waals surface area (Å²) in [5.74, 6) is -0.353. The molecule has 0 aliphatic carbocycles. The van der Waals surface area contributed by atoms with E-state index < -0.39 is 24.0 Å². The molecule has 1 rings (SSSR count). The van der Waals surface area contributed by atoms with Gasteiger partial charge in [-0.05, 0) is 24.8 Å². The van der Waals surface area contributed by atoms with Crippen molar-refractivity contribution in [1.82, 2.24) is 20.9 Å². The van der Waals surface area contributed by atoms with E-state index in [9.17, 15) is 19.5 Å². The van der Waals surface area contributed by atoms with Crippen molar-refractivity contribution in [3.05, 3.63) is 35.9 Å². The van der Waals surface area contributed by atoms with Crippen LogP contribution in [0.15, 0.2) is 30.3 Å². The van der Waals surface area contributed by atoms with Crippen LogP contribution in [-0.2, 0) is 16.0 Å². The van der Waals surface area contributed by atoms with Crippen LogP contribution in [0.25, 0.3) is 0 Å². The molecule has 0 radical (unpaired) electrons. The summed E-state index contributed by atoms with van der Waals surface area (Å²) in [6, 6.07) is 7.36. The number of urea groups is 1. The molecule has 0 aliphatic heterocycles. The Hall–Kier alpha value is -2.61. The van der Waals surface area contributed by atoms with Crippen LogP contribution in [0.1, 0.15) is 32.8 Å². The number of amides is 4. The Morgan fingerprint density at radius 3 is 2.21 bits per heavy atom. The maximum Gasteiger partial charge on any atom is 0.318 e. The number of hydrogen-bond acceptors (Lipinski definition) is 4. The zero-order valence-electron chi connectivity index (χ0n) is 17.8. The van der Waals surface area contributed by atoms with Gasteiger partial charge in [0, 0.05) is 26.6 Å². The lowest BCUT2D eigenvalue weighted by Crippen LogP contribution is -2.55. The quantitative estimate of drug-likeness (QED) is 0.437. The molecule has 0 fully saturated rings. The molecule has 0 bridgehead atoms. The fourth-order valence-corrected chi connectivity index (χ4v) is 2.75. The number of nitrogens with zero attached hydrogens (tertiary/aromatic N) is 1. The molecule has 0 heterocycles. The monoisotopic (exact) mass is 406 g/mol. The van der Waals surface area contributed by atoms with Gasteiger partial charge in [0.25, 0.3) is 0 Å². The van der Waals surface area contributed by atoms with E-state index in [0.29, 0.717) is 12.5 Å². The molecule has 0 spiro atoms. The Bertz CT molecular complexity index is 651. The number of rotatable bonds is 11. The molecule has 29 heavy (non-hydrogen) atoms. The topological polar surface area (TPSA) is 111 Å². The van der Waals surface area contributed by atoms with Crippen molar-refractivity contribution in [3.63, 3.8) is 0 Å². The average molecular weight is 407 g/mol. The first-order valence-corrected chi connectivity index (χ1v) is 10.0. The summed E-state index contributed by atoms with van der Waals surface area (Å²) in [6.07, 6.45) is 1.08. The number of nitrogens with one attached hydrogen (secondary N) is 3. The van der Waals surface area contributed by atoms with Crippen LogP contribution in [0.2, 0.25) is 0 Å². The molecule has 0 aromatic heterocycles. The van der Waals surface area contributed by atoms with E-state index in [4.69, 9.17) is 0 Å². The maximum atomic E-state index is 12.8. The van der Waals surface area contributed by atoms with Gasteiger partial charge < -0.3 is 26.0 Å². The standard InChI is InChI=1S/C21H34N4O4/c1-15(2)10-11-25(12-13-26)21(29)24-18(14-17-8-6-5-7-9-17)20(28)23-16(3)19(27)22-4/h5-9,15-16,18,26H,10-14H2,1-4H3,(H,22,27)(H,23,28)(H,24,29)/t16-,18-/m0/s1. The smallest absolute Gasteiger partial charge is 0.318 e. The Kier molecular flexibility index (Phi) is 10.8. The fraction of sp³-hybridized carbons (Fsp3) is 0.571. The third kappa shape index (κ3) is 8.95. The van der Waals surface area contributed by atoms with Gasteiger partial charge in [0.05, 0.1) is 6.61 Å². The number of carbonyl (C=O) groups is 3. The molecule has 8 heteroatoms. The van der Waals surface area contributed by atoms with E-state index in [1.807, 2.05) is 30.3 Å². The van der Waals surface area contributed by atoms with Crippen molar-refractivity contribution in [2.75, 3.05) is 26.7 Å². The predicted octanol–water partition coefficient (Wildman–Crippen LogP) is 0.898. The first-order valence-electron chi connectivity index (χ1n) is 10.0. The lowest BCUT2D eigenvalue weighted by molar-refractivity contribution is -0.129. The number of hydrogen-bond donors (Lipinski definition) is 4. The van der Waals surface area contributed by atoms with Crippen LogP contribution in [0.4, 0.5) is 4.79 Å². The normalized spacial score (nSPS) is 12.8. The molecule has 8 nitrogen and oxygen atoms in total. The highest BCUT2D eigenvalue weighted by atomic mass is 16.3. The molecule has 2 atom stereocenters. The SMILES string of the molecule is CNC(=O)[C@H](C)NC(=O)[C@H](Cc1ccccc1)NC(=O)N(CCO)CCC(C)C. The van der Waals surface area contributed by atoms with Gasteiger partial charge in [-0.2, -0.15) is 0 Å². The summed E-state index contributed by atoms with van der Waals surface area (Å²) in [6.45, 7) is 6.21. The zero-order chi connectivity index (χ0) is 21.8. The third-order valence-electron chi connectivity index (χ3n) is 4.53. The second-order valence-electron chi connectivity index (χ2n) is 7.43. The number of likely N-dealkylation sites (N-methyl/N-ethyl adjacent to an activating group) is 1. The van der Waals surface area contributed by atoms with Gasteiger partial charge in [0.2, 0.25) is 11.8 Å². The van der Waals surface area contributed by atoms with E-state index in [2.05, 4.69) is 29.8 Å². The van der Waals surface area contributed by atoms with Gasteiger partial charge in [-0.3, -0.25) is 9.59 Å². The summed E-state index contributed by atoms with van der Waals surface area (Å²) in [4.78, 5) is 38.8. The summed E-state index contributed by atoms with van der Waals surface area (Å²) < 4.78 is 0. The predicted molar refractivity (Wildman–Crippen MR) is 112 cm³/mol. The molecule has 0 saturated heterocycles. The first-order chi connectivity index (χ1) is 13.8. The van der Waals surface area contributed by atoms with Crippen LogP contribution >= 0.6 is 0 Å². The molecular weight excluding hydrogens is 372 g/mol. The van der Waals surface area contributed by atoms with Crippen LogP contribution in [-0.4, -0.2) is 66.7 Å². The van der Waals surface area contributed by atoms with Gasteiger partial charge in [0.1, 0.15) is 12.1 Å². The minimum absolute atomic E-state index is 0.158. The number of carbonyl (C=O) groups excluding carboxylic acids is 3. The second-order valence-corrected chi connectivity index (χ2v) is 7.43. The van der Waals surface area contributed by atoms with Crippen molar-refractivity contribution in [2.24, 2.45) is 5.92 Å². The van der Waals surface area contributed by atoms with E-state index in [1.165, 1.54) is 11.9 Å². The molecule has 0 aliphatic rings. The first kappa shape index (κ1) is 24.4. The highest BCUT2D eigenvalue weighted by molar-refractivity contribution is 5.91. The van der Waals surface area contributed by atoms with Gasteiger partial charge >= 0.3 is 6.03 Å². The fourth-order valence-electron chi connectivity index (χ4n) is 2.75. The van der Waals surface area contributed by atoms with E-state index >= 15 is 0 Å². The van der Waals surface area contributed by atoms with Crippen molar-refractivity contribution in [1.29, 1.82) is 0 Å². The number of benzene rings is 1. The lowest BCUT2D eigenvalue weighted by Gasteiger charge is -2.27. The van der Waals surface area contributed by atoms with Crippen molar-refractivity contribution >= 4 is 17.8 Å². The molecule has 1 aromatic rings. The van der Waals surface area contributed by atoms with Gasteiger partial charge in [-0.15, -0.1) is 0 Å². The Morgan fingerprint density at radius 1 is 1.00 bits per heavy atom. The van der Waals surface area contributed by atoms with Gasteiger partial charge in [-0.25, -0.2) is 4.79 Å². The van der Waals surface area contributed by atoms with E-state index in [1.54, 1.807) is 6.92 Å².